The lowest BCUT2D eigenvalue weighted by Crippen LogP contribution is -2.29. The van der Waals surface area contributed by atoms with Gasteiger partial charge in [-0.1, -0.05) is 36.0 Å². The average Bonchev–Trinajstić information content (AvgIpc) is 2.94. The molecule has 0 saturated heterocycles. The van der Waals surface area contributed by atoms with Gasteiger partial charge in [0.25, 0.3) is 11.8 Å². The van der Waals surface area contributed by atoms with Crippen molar-refractivity contribution >= 4 is 29.3 Å². The molecule has 2 aromatic carbocycles. The van der Waals surface area contributed by atoms with E-state index in [1.807, 2.05) is 6.07 Å². The van der Waals surface area contributed by atoms with Gasteiger partial charge in [-0.2, -0.15) is 5.26 Å². The van der Waals surface area contributed by atoms with Gasteiger partial charge < -0.3 is 0 Å². The van der Waals surface area contributed by atoms with E-state index in [0.29, 0.717) is 32.3 Å². The van der Waals surface area contributed by atoms with Crippen LogP contribution in [0.2, 0.25) is 0 Å². The van der Waals surface area contributed by atoms with Gasteiger partial charge in [0.2, 0.25) is 0 Å². The Hall–Kier alpha value is -3.43. The third-order valence-corrected chi connectivity index (χ3v) is 5.08. The van der Waals surface area contributed by atoms with Gasteiger partial charge in [-0.05, 0) is 36.4 Å². The average molecular weight is 357 g/mol. The molecule has 0 saturated carbocycles. The summed E-state index contributed by atoms with van der Waals surface area (Å²) in [6, 6.07) is 19.4. The molecule has 4 rings (SSSR count). The Labute approximate surface area is 153 Å². The summed E-state index contributed by atoms with van der Waals surface area (Å²) in [5, 5.41) is 9.78. The summed E-state index contributed by atoms with van der Waals surface area (Å²) in [5.41, 5.74) is 1.72. The fourth-order valence-electron chi connectivity index (χ4n) is 2.80. The smallest absolute Gasteiger partial charge is 0.266 e. The van der Waals surface area contributed by atoms with Crippen LogP contribution in [0.25, 0.3) is 0 Å². The molecule has 2 amide bonds. The summed E-state index contributed by atoms with van der Waals surface area (Å²) in [7, 11) is 0. The minimum absolute atomic E-state index is 0.347. The maximum Gasteiger partial charge on any atom is 0.266 e. The Morgan fingerprint density at radius 3 is 2.23 bits per heavy atom. The van der Waals surface area contributed by atoms with E-state index in [1.165, 1.54) is 16.7 Å². The second kappa shape index (κ2) is 6.47. The van der Waals surface area contributed by atoms with E-state index in [4.69, 9.17) is 0 Å². The van der Waals surface area contributed by atoms with Gasteiger partial charge in [-0.25, -0.2) is 9.88 Å². The lowest BCUT2D eigenvalue weighted by Gasteiger charge is -2.17. The molecule has 0 spiro atoms. The highest BCUT2D eigenvalue weighted by molar-refractivity contribution is 7.99. The van der Waals surface area contributed by atoms with Crippen LogP contribution >= 0.6 is 11.8 Å². The van der Waals surface area contributed by atoms with Gasteiger partial charge in [0.15, 0.2) is 0 Å². The largest absolute Gasteiger partial charge is 0.268 e. The molecular weight excluding hydrogens is 346 g/mol. The summed E-state index contributed by atoms with van der Waals surface area (Å²) >= 11 is 1.26. The van der Waals surface area contributed by atoms with Gasteiger partial charge in [0.1, 0.15) is 11.1 Å². The first-order valence-electron chi connectivity index (χ1n) is 7.80. The van der Waals surface area contributed by atoms with Crippen molar-refractivity contribution in [2.45, 2.75) is 9.92 Å². The van der Waals surface area contributed by atoms with Crippen molar-refractivity contribution in [1.82, 2.24) is 4.98 Å². The molecular formula is C20H11N3O2S. The maximum absolute atomic E-state index is 12.8. The Morgan fingerprint density at radius 1 is 0.885 bits per heavy atom. The van der Waals surface area contributed by atoms with Crippen molar-refractivity contribution in [2.24, 2.45) is 0 Å². The highest BCUT2D eigenvalue weighted by Crippen LogP contribution is 2.38. The van der Waals surface area contributed by atoms with Gasteiger partial charge in [0.05, 0.1) is 22.4 Å². The van der Waals surface area contributed by atoms with E-state index >= 15 is 0 Å². The monoisotopic (exact) mass is 357 g/mol. The van der Waals surface area contributed by atoms with Crippen LogP contribution in [-0.4, -0.2) is 16.8 Å². The number of anilines is 1. The molecule has 6 heteroatoms. The highest BCUT2D eigenvalue weighted by Gasteiger charge is 2.37. The van der Waals surface area contributed by atoms with Crippen molar-refractivity contribution in [3.05, 3.63) is 83.6 Å². The molecule has 5 nitrogen and oxygen atoms in total. The lowest BCUT2D eigenvalue weighted by atomic mass is 10.1. The quantitative estimate of drug-likeness (QED) is 0.665. The van der Waals surface area contributed by atoms with Crippen molar-refractivity contribution in [1.29, 1.82) is 5.26 Å². The Kier molecular flexibility index (Phi) is 3.99. The molecule has 124 valence electrons. The molecule has 0 bridgehead atoms. The third kappa shape index (κ3) is 2.55. The van der Waals surface area contributed by atoms with E-state index < -0.39 is 0 Å². The predicted octanol–water partition coefficient (Wildman–Crippen LogP) is 3.91. The number of rotatable bonds is 3. The maximum atomic E-state index is 12.8. The highest BCUT2D eigenvalue weighted by atomic mass is 32.2. The normalized spacial score (nSPS) is 12.8. The Morgan fingerprint density at radius 2 is 1.54 bits per heavy atom. The van der Waals surface area contributed by atoms with Crippen LogP contribution in [0.4, 0.5) is 5.69 Å². The number of carbonyl (C=O) groups is 2. The number of aromatic nitrogens is 1. The molecule has 0 radical (unpaired) electrons. The number of amides is 2. The van der Waals surface area contributed by atoms with E-state index in [1.54, 1.807) is 60.8 Å². The fraction of sp³-hybridized carbons (Fsp3) is 0. The number of benzene rings is 2. The standard InChI is InChI=1S/C20H11N3O2S/c21-12-13-6-5-11-22-18(13)26-17-10-4-3-9-16(17)23-19(24)14-7-1-2-8-15(14)20(23)25/h1-11H. The van der Waals surface area contributed by atoms with Crippen LogP contribution in [0.15, 0.2) is 76.8 Å². The lowest BCUT2D eigenvalue weighted by molar-refractivity contribution is 0.0925. The van der Waals surface area contributed by atoms with Crippen molar-refractivity contribution < 1.29 is 9.59 Å². The van der Waals surface area contributed by atoms with E-state index in [0.717, 1.165) is 0 Å². The summed E-state index contributed by atoms with van der Waals surface area (Å²) in [4.78, 5) is 31.6. The number of nitrogens with zero attached hydrogens (tertiary/aromatic N) is 3. The first-order valence-corrected chi connectivity index (χ1v) is 8.62. The second-order valence-electron chi connectivity index (χ2n) is 5.53. The van der Waals surface area contributed by atoms with Gasteiger partial charge in [-0.3, -0.25) is 9.59 Å². The van der Waals surface area contributed by atoms with Crippen LogP contribution in [0.1, 0.15) is 26.3 Å². The summed E-state index contributed by atoms with van der Waals surface area (Å²) in [5.74, 6) is -0.694. The molecule has 26 heavy (non-hydrogen) atoms. The Balaban J connectivity index is 1.77. The number of imide groups is 1. The predicted molar refractivity (Wildman–Crippen MR) is 97.1 cm³/mol. The molecule has 0 N–H and O–H groups in total. The first kappa shape index (κ1) is 16.1. The first-order chi connectivity index (χ1) is 12.7. The van der Waals surface area contributed by atoms with E-state index in [-0.39, 0.29) is 11.8 Å². The number of hydrogen-bond donors (Lipinski definition) is 0. The summed E-state index contributed by atoms with van der Waals surface area (Å²) in [6.45, 7) is 0. The number of pyridine rings is 1. The minimum atomic E-state index is -0.347. The molecule has 1 aliphatic heterocycles. The van der Waals surface area contributed by atoms with Crippen LogP contribution in [0, 0.1) is 11.3 Å². The molecule has 3 aromatic rings. The molecule has 0 atom stereocenters. The van der Waals surface area contributed by atoms with Crippen molar-refractivity contribution in [2.75, 3.05) is 4.90 Å². The van der Waals surface area contributed by atoms with Gasteiger partial charge in [0, 0.05) is 11.1 Å². The molecule has 2 heterocycles. The van der Waals surface area contributed by atoms with Crippen molar-refractivity contribution in [3.63, 3.8) is 0 Å². The van der Waals surface area contributed by atoms with Crippen LogP contribution in [0.3, 0.4) is 0 Å². The molecule has 0 fully saturated rings. The third-order valence-electron chi connectivity index (χ3n) is 4.00. The Bertz CT molecular complexity index is 1050. The fourth-order valence-corrected chi connectivity index (χ4v) is 3.75. The van der Waals surface area contributed by atoms with Crippen LogP contribution < -0.4 is 4.90 Å². The molecule has 0 unspecified atom stereocenters. The number of fused-ring (bicyclic) bond motifs is 1. The topological polar surface area (TPSA) is 74.1 Å². The second-order valence-corrected chi connectivity index (χ2v) is 6.56. The molecule has 0 aliphatic carbocycles. The number of hydrogen-bond acceptors (Lipinski definition) is 5. The van der Waals surface area contributed by atoms with E-state index in [2.05, 4.69) is 11.1 Å². The van der Waals surface area contributed by atoms with Crippen LogP contribution in [0.5, 0.6) is 0 Å². The summed E-state index contributed by atoms with van der Waals surface area (Å²) < 4.78 is 0. The zero-order valence-corrected chi connectivity index (χ0v) is 14.2. The SMILES string of the molecule is N#Cc1cccnc1Sc1ccccc1N1C(=O)c2ccccc2C1=O. The van der Waals surface area contributed by atoms with Gasteiger partial charge in [-0.15, -0.1) is 0 Å². The number of nitriles is 1. The zero-order chi connectivity index (χ0) is 18.1. The van der Waals surface area contributed by atoms with E-state index in [9.17, 15) is 14.9 Å². The molecule has 1 aliphatic rings. The zero-order valence-electron chi connectivity index (χ0n) is 13.4. The van der Waals surface area contributed by atoms with Crippen LogP contribution in [-0.2, 0) is 0 Å². The summed E-state index contributed by atoms with van der Waals surface area (Å²) in [6.07, 6.45) is 1.60. The number of carbonyl (C=O) groups excluding carboxylic acids is 2. The molecule has 1 aromatic heterocycles. The van der Waals surface area contributed by atoms with Gasteiger partial charge >= 0.3 is 0 Å². The van der Waals surface area contributed by atoms with Crippen molar-refractivity contribution in [3.8, 4) is 6.07 Å². The minimum Gasteiger partial charge on any atom is -0.268 e. The number of para-hydroxylation sites is 1.